The van der Waals surface area contributed by atoms with E-state index >= 15 is 0 Å². The van der Waals surface area contributed by atoms with E-state index in [0.29, 0.717) is 5.03 Å². The molecule has 0 fully saturated rings. The summed E-state index contributed by atoms with van der Waals surface area (Å²) in [5, 5.41) is 0.679. The molecular weight excluding hydrogens is 286 g/mol. The van der Waals surface area contributed by atoms with Crippen molar-refractivity contribution in [1.82, 2.24) is 4.90 Å². The van der Waals surface area contributed by atoms with E-state index in [1.165, 1.54) is 0 Å². The predicted octanol–water partition coefficient (Wildman–Crippen LogP) is 4.37. The van der Waals surface area contributed by atoms with Gasteiger partial charge in [0.25, 0.3) is 0 Å². The molecule has 0 atom stereocenters. The van der Waals surface area contributed by atoms with Crippen molar-refractivity contribution in [2.24, 2.45) is 0 Å². The van der Waals surface area contributed by atoms with Gasteiger partial charge in [-0.25, -0.2) is 0 Å². The van der Waals surface area contributed by atoms with Crippen molar-refractivity contribution in [2.75, 3.05) is 7.05 Å². The molecule has 3 heteroatoms. The van der Waals surface area contributed by atoms with Crippen LogP contribution in [-0.4, -0.2) is 11.9 Å². The molecule has 1 aliphatic heterocycles. The molecule has 0 N–H and O–H groups in total. The largest absolute Gasteiger partial charge is 0.343 e. The van der Waals surface area contributed by atoms with Gasteiger partial charge in [0, 0.05) is 22.8 Å². The molecule has 1 aromatic rings. The third kappa shape index (κ3) is 1.95. The highest BCUT2D eigenvalue weighted by Gasteiger charge is 2.17. The lowest BCUT2D eigenvalue weighted by molar-refractivity contribution is 0.611. The van der Waals surface area contributed by atoms with Crippen LogP contribution in [0, 0.1) is 0 Å². The zero-order chi connectivity index (χ0) is 11.7. The molecule has 0 saturated heterocycles. The number of halogens is 2. The van der Waals surface area contributed by atoms with Gasteiger partial charge in [0.15, 0.2) is 0 Å². The molecule has 0 bridgehead atoms. The van der Waals surface area contributed by atoms with E-state index in [9.17, 15) is 0 Å². The second-order valence-electron chi connectivity index (χ2n) is 3.55. The Labute approximate surface area is 109 Å². The molecule has 1 heterocycles. The molecule has 0 saturated carbocycles. The number of hydrogen-bond acceptors (Lipinski definition) is 1. The summed E-state index contributed by atoms with van der Waals surface area (Å²) in [7, 11) is 1.96. The molecule has 2 rings (SSSR count). The van der Waals surface area contributed by atoms with E-state index in [1.54, 1.807) is 0 Å². The van der Waals surface area contributed by atoms with E-state index < -0.39 is 0 Å². The van der Waals surface area contributed by atoms with E-state index in [1.807, 2.05) is 42.3 Å². The summed E-state index contributed by atoms with van der Waals surface area (Å²) in [6, 6.07) is 8.09. The van der Waals surface area contributed by atoms with Crippen LogP contribution in [0.2, 0.25) is 0 Å². The van der Waals surface area contributed by atoms with Crippen LogP contribution in [-0.2, 0) is 0 Å². The van der Waals surface area contributed by atoms with Gasteiger partial charge < -0.3 is 4.90 Å². The van der Waals surface area contributed by atoms with Crippen molar-refractivity contribution < 1.29 is 0 Å². The van der Waals surface area contributed by atoms with Crippen LogP contribution in [0.5, 0.6) is 0 Å². The van der Waals surface area contributed by atoms with Crippen molar-refractivity contribution in [3.63, 3.8) is 0 Å². The van der Waals surface area contributed by atoms with Crippen molar-refractivity contribution in [2.45, 2.75) is 0 Å². The molecule has 0 amide bonds. The summed E-state index contributed by atoms with van der Waals surface area (Å²) in [5.41, 5.74) is 3.03. The minimum atomic E-state index is 0.679. The Kier molecular flexibility index (Phi) is 3.22. The van der Waals surface area contributed by atoms with Crippen LogP contribution in [0.4, 0.5) is 0 Å². The van der Waals surface area contributed by atoms with Crippen molar-refractivity contribution in [1.29, 1.82) is 0 Å². The Balaban J connectivity index is 2.50. The summed E-state index contributed by atoms with van der Waals surface area (Å²) in [6.07, 6.45) is 3.87. The fourth-order valence-corrected chi connectivity index (χ4v) is 2.28. The lowest BCUT2D eigenvalue weighted by atomic mass is 10.1. The van der Waals surface area contributed by atoms with Crippen LogP contribution in [0.3, 0.4) is 0 Å². The number of rotatable bonds is 1. The normalized spacial score (nSPS) is 15.9. The zero-order valence-corrected chi connectivity index (χ0v) is 11.2. The summed E-state index contributed by atoms with van der Waals surface area (Å²) < 4.78 is 1.06. The Morgan fingerprint density at radius 2 is 1.94 bits per heavy atom. The number of allylic oxidation sites excluding steroid dienone is 3. The van der Waals surface area contributed by atoms with Crippen LogP contribution in [0.1, 0.15) is 5.56 Å². The lowest BCUT2D eigenvalue weighted by Crippen LogP contribution is -2.18. The fourth-order valence-electron chi connectivity index (χ4n) is 1.61. The van der Waals surface area contributed by atoms with Gasteiger partial charge in [-0.3, -0.25) is 0 Å². The Bertz CT molecular complexity index is 502. The highest BCUT2D eigenvalue weighted by Crippen LogP contribution is 2.33. The number of nitrogens with zero attached hydrogens (tertiary/aromatic N) is 1. The van der Waals surface area contributed by atoms with Crippen molar-refractivity contribution in [3.05, 3.63) is 63.8 Å². The first kappa shape index (κ1) is 11.5. The predicted molar refractivity (Wildman–Crippen MR) is 73.0 cm³/mol. The summed E-state index contributed by atoms with van der Waals surface area (Å²) in [6.45, 7) is 3.95. The van der Waals surface area contributed by atoms with Crippen molar-refractivity contribution >= 4 is 33.2 Å². The number of likely N-dealkylation sites (N-methyl/N-ethyl adjacent to an activating group) is 1. The van der Waals surface area contributed by atoms with Gasteiger partial charge in [-0.1, -0.05) is 52.3 Å². The maximum absolute atomic E-state index is 6.02. The SMILES string of the molecule is C=C1C(Cl)=CC=C(c2ccccc2Br)N1C. The van der Waals surface area contributed by atoms with E-state index in [2.05, 4.69) is 28.6 Å². The van der Waals surface area contributed by atoms with Gasteiger partial charge >= 0.3 is 0 Å². The summed E-state index contributed by atoms with van der Waals surface area (Å²) in [4.78, 5) is 1.99. The number of benzene rings is 1. The first-order chi connectivity index (χ1) is 7.61. The van der Waals surface area contributed by atoms with Gasteiger partial charge in [-0.15, -0.1) is 0 Å². The third-order valence-electron chi connectivity index (χ3n) is 2.58. The molecule has 82 valence electrons. The Morgan fingerprint density at radius 3 is 2.62 bits per heavy atom. The third-order valence-corrected chi connectivity index (χ3v) is 3.61. The quantitative estimate of drug-likeness (QED) is 0.744. The second kappa shape index (κ2) is 4.48. The Hall–Kier alpha value is -0.990. The first-order valence-electron chi connectivity index (χ1n) is 4.86. The van der Waals surface area contributed by atoms with Crippen LogP contribution in [0.25, 0.3) is 5.70 Å². The molecule has 0 spiro atoms. The molecule has 16 heavy (non-hydrogen) atoms. The van der Waals surface area contributed by atoms with E-state index in [0.717, 1.165) is 21.4 Å². The molecule has 1 nitrogen and oxygen atoms in total. The topological polar surface area (TPSA) is 3.24 Å². The van der Waals surface area contributed by atoms with Gasteiger partial charge in [0.2, 0.25) is 0 Å². The molecule has 1 aromatic carbocycles. The average molecular weight is 297 g/mol. The molecule has 0 unspecified atom stereocenters. The van der Waals surface area contributed by atoms with E-state index in [4.69, 9.17) is 11.6 Å². The van der Waals surface area contributed by atoms with Gasteiger partial charge in [0.1, 0.15) is 0 Å². The maximum Gasteiger partial charge on any atom is 0.0637 e. The maximum atomic E-state index is 6.02. The molecule has 1 aliphatic rings. The average Bonchev–Trinajstić information content (AvgIpc) is 2.28. The molecule has 0 radical (unpaired) electrons. The smallest absolute Gasteiger partial charge is 0.0637 e. The van der Waals surface area contributed by atoms with Crippen LogP contribution >= 0.6 is 27.5 Å². The minimum Gasteiger partial charge on any atom is -0.343 e. The molecule has 0 aliphatic carbocycles. The Morgan fingerprint density at radius 1 is 1.25 bits per heavy atom. The van der Waals surface area contributed by atoms with Crippen LogP contribution < -0.4 is 0 Å². The van der Waals surface area contributed by atoms with Gasteiger partial charge in [0.05, 0.1) is 10.7 Å². The van der Waals surface area contributed by atoms with Crippen LogP contribution in [0.15, 0.2) is 58.2 Å². The minimum absolute atomic E-state index is 0.679. The summed E-state index contributed by atoms with van der Waals surface area (Å²) in [5.74, 6) is 0. The first-order valence-corrected chi connectivity index (χ1v) is 6.03. The fraction of sp³-hybridized carbons (Fsp3) is 0.0769. The second-order valence-corrected chi connectivity index (χ2v) is 4.81. The summed E-state index contributed by atoms with van der Waals surface area (Å²) >= 11 is 9.56. The highest BCUT2D eigenvalue weighted by atomic mass is 79.9. The molecule has 0 aromatic heterocycles. The standard InChI is InChI=1S/C13H11BrClN/c1-9-12(15)7-8-13(16(9)2)10-5-3-4-6-11(10)14/h3-8H,1H2,2H3. The zero-order valence-electron chi connectivity index (χ0n) is 8.87. The van der Waals surface area contributed by atoms with Gasteiger partial charge in [-0.05, 0) is 18.2 Å². The molecular formula is C13H11BrClN. The van der Waals surface area contributed by atoms with Crippen molar-refractivity contribution in [3.8, 4) is 0 Å². The van der Waals surface area contributed by atoms with Gasteiger partial charge in [-0.2, -0.15) is 0 Å². The highest BCUT2D eigenvalue weighted by molar-refractivity contribution is 9.10. The lowest BCUT2D eigenvalue weighted by Gasteiger charge is -2.28. The monoisotopic (exact) mass is 295 g/mol. The van der Waals surface area contributed by atoms with E-state index in [-0.39, 0.29) is 0 Å². The number of hydrogen-bond donors (Lipinski definition) is 0.